The van der Waals surface area contributed by atoms with Gasteiger partial charge >= 0.3 is 0 Å². The summed E-state index contributed by atoms with van der Waals surface area (Å²) >= 11 is 0. The van der Waals surface area contributed by atoms with Crippen LogP contribution in [0.3, 0.4) is 0 Å². The lowest BCUT2D eigenvalue weighted by atomic mass is 9.94. The van der Waals surface area contributed by atoms with E-state index in [1.807, 2.05) is 13.8 Å². The minimum atomic E-state index is -1.14. The second-order valence-corrected chi connectivity index (χ2v) is 10.8. The van der Waals surface area contributed by atoms with Crippen molar-refractivity contribution in [1.82, 2.24) is 9.80 Å². The highest BCUT2D eigenvalue weighted by Crippen LogP contribution is 2.30. The average molecular weight is 533 g/mol. The number of benzene rings is 2. The zero-order chi connectivity index (χ0) is 27.3. The molecule has 1 atom stereocenters. The Morgan fingerprint density at radius 1 is 1.03 bits per heavy atom. The van der Waals surface area contributed by atoms with Crippen molar-refractivity contribution in [1.29, 1.82) is 0 Å². The molecule has 2 aliphatic rings. The molecule has 8 heteroatoms. The second kappa shape index (κ2) is 12.5. The third-order valence-corrected chi connectivity index (χ3v) is 8.10. The number of likely N-dealkylation sites (tertiary alicyclic amines) is 2. The van der Waals surface area contributed by atoms with Crippen molar-refractivity contribution >= 4 is 5.91 Å². The number of piperidine rings is 2. The summed E-state index contributed by atoms with van der Waals surface area (Å²) in [5.41, 5.74) is -0.385. The number of aliphatic hydroxyl groups excluding tert-OH is 1. The maximum Gasteiger partial charge on any atom is 0.254 e. The molecule has 2 aromatic carbocycles. The SMILES string of the molecule is CCC(F)(CC)CN1CCC(COc2ccc(-c3ccc(C(=O)N4CCCC(O)C4)cc3F)cc2F)CC1. The van der Waals surface area contributed by atoms with Crippen molar-refractivity contribution in [3.05, 3.63) is 53.6 Å². The van der Waals surface area contributed by atoms with Crippen molar-refractivity contribution < 1.29 is 27.8 Å². The number of carbonyl (C=O) groups is 1. The number of alkyl halides is 1. The number of aliphatic hydroxyl groups is 1. The highest BCUT2D eigenvalue weighted by atomic mass is 19.1. The van der Waals surface area contributed by atoms with Gasteiger partial charge in [-0.15, -0.1) is 0 Å². The highest BCUT2D eigenvalue weighted by Gasteiger charge is 2.30. The number of ether oxygens (including phenoxy) is 1. The lowest BCUT2D eigenvalue weighted by Gasteiger charge is -2.36. The zero-order valence-electron chi connectivity index (χ0n) is 22.4. The molecule has 0 spiro atoms. The molecule has 0 aromatic heterocycles. The van der Waals surface area contributed by atoms with Crippen LogP contribution in [-0.4, -0.2) is 71.9 Å². The van der Waals surface area contributed by atoms with Crippen molar-refractivity contribution in [3.63, 3.8) is 0 Å². The Hall–Kier alpha value is -2.58. The number of halogens is 3. The van der Waals surface area contributed by atoms with Crippen LogP contribution in [0.4, 0.5) is 13.2 Å². The summed E-state index contributed by atoms with van der Waals surface area (Å²) in [7, 11) is 0. The monoisotopic (exact) mass is 532 g/mol. The molecule has 2 heterocycles. The number of nitrogens with zero attached hydrogens (tertiary/aromatic N) is 2. The quantitative estimate of drug-likeness (QED) is 0.440. The molecule has 0 aliphatic carbocycles. The third-order valence-electron chi connectivity index (χ3n) is 8.10. The van der Waals surface area contributed by atoms with Crippen molar-refractivity contribution in [2.24, 2.45) is 5.92 Å². The molecule has 2 fully saturated rings. The fraction of sp³-hybridized carbons (Fsp3) is 0.567. The van der Waals surface area contributed by atoms with Crippen LogP contribution in [0.25, 0.3) is 11.1 Å². The van der Waals surface area contributed by atoms with E-state index in [1.54, 1.807) is 6.07 Å². The van der Waals surface area contributed by atoms with Gasteiger partial charge in [-0.2, -0.15) is 0 Å². The van der Waals surface area contributed by atoms with Crippen molar-refractivity contribution in [2.75, 3.05) is 39.3 Å². The number of carbonyl (C=O) groups excluding carboxylic acids is 1. The van der Waals surface area contributed by atoms with Gasteiger partial charge in [-0.3, -0.25) is 4.79 Å². The molecule has 38 heavy (non-hydrogen) atoms. The summed E-state index contributed by atoms with van der Waals surface area (Å²) < 4.78 is 50.3. The standard InChI is InChI=1S/C30H39F3N2O3/c1-3-30(33,4-2)20-34-14-11-21(12-15-34)19-38-28-10-8-22(16-27(28)32)25-9-7-23(17-26(25)31)29(37)35-13-5-6-24(36)18-35/h7-10,16-17,21,24,36H,3-6,11-15,18-20H2,1-2H3. The van der Waals surface area contributed by atoms with Crippen LogP contribution < -0.4 is 4.74 Å². The van der Waals surface area contributed by atoms with Crippen LogP contribution in [0.15, 0.2) is 36.4 Å². The minimum Gasteiger partial charge on any atom is -0.490 e. The van der Waals surface area contributed by atoms with E-state index in [0.717, 1.165) is 25.9 Å². The molecule has 0 bridgehead atoms. The summed E-state index contributed by atoms with van der Waals surface area (Å²) in [4.78, 5) is 16.4. The fourth-order valence-electron chi connectivity index (χ4n) is 5.38. The van der Waals surface area contributed by atoms with Crippen LogP contribution in [0.1, 0.15) is 62.7 Å². The maximum absolute atomic E-state index is 14.9. The first-order valence-corrected chi connectivity index (χ1v) is 13.8. The number of hydrogen-bond acceptors (Lipinski definition) is 4. The lowest BCUT2D eigenvalue weighted by Crippen LogP contribution is -2.44. The molecule has 5 nitrogen and oxygen atoms in total. The number of β-amino-alcohol motifs (C(OH)–C–C–N with tert-alkyl or cyclic N) is 1. The molecule has 1 amide bonds. The predicted octanol–water partition coefficient (Wildman–Crippen LogP) is 5.85. The summed E-state index contributed by atoms with van der Waals surface area (Å²) in [6.07, 6.45) is 3.57. The summed E-state index contributed by atoms with van der Waals surface area (Å²) in [5, 5.41) is 9.82. The number of hydrogen-bond donors (Lipinski definition) is 1. The molecular weight excluding hydrogens is 493 g/mol. The van der Waals surface area contributed by atoms with E-state index in [1.165, 1.54) is 35.2 Å². The molecule has 2 aliphatic heterocycles. The van der Waals surface area contributed by atoms with Crippen LogP contribution in [0.2, 0.25) is 0 Å². The first-order valence-electron chi connectivity index (χ1n) is 13.8. The summed E-state index contributed by atoms with van der Waals surface area (Å²) in [6, 6.07) is 8.54. The van der Waals surface area contributed by atoms with E-state index < -0.39 is 23.4 Å². The van der Waals surface area contributed by atoms with Gasteiger partial charge in [0.25, 0.3) is 5.91 Å². The molecule has 0 saturated carbocycles. The molecular formula is C30H39F3N2O3. The van der Waals surface area contributed by atoms with Gasteiger partial charge in [-0.05, 0) is 87.4 Å². The first kappa shape index (κ1) is 28.4. The van der Waals surface area contributed by atoms with Crippen LogP contribution in [-0.2, 0) is 0 Å². The van der Waals surface area contributed by atoms with Crippen molar-refractivity contribution in [2.45, 2.75) is 64.1 Å². The topological polar surface area (TPSA) is 53.0 Å². The Kier molecular flexibility index (Phi) is 9.36. The van der Waals surface area contributed by atoms with E-state index in [4.69, 9.17) is 4.74 Å². The summed E-state index contributed by atoms with van der Waals surface area (Å²) in [6.45, 7) is 6.98. The molecule has 0 radical (unpaired) electrons. The molecule has 208 valence electrons. The van der Waals surface area contributed by atoms with E-state index in [-0.39, 0.29) is 35.2 Å². The van der Waals surface area contributed by atoms with Crippen LogP contribution in [0.5, 0.6) is 5.75 Å². The molecule has 1 unspecified atom stereocenters. The van der Waals surface area contributed by atoms with Gasteiger partial charge < -0.3 is 19.6 Å². The Balaban J connectivity index is 1.32. The first-order chi connectivity index (χ1) is 18.2. The van der Waals surface area contributed by atoms with E-state index >= 15 is 0 Å². The van der Waals surface area contributed by atoms with Crippen LogP contribution >= 0.6 is 0 Å². The van der Waals surface area contributed by atoms with E-state index in [0.29, 0.717) is 50.9 Å². The normalized spacial score (nSPS) is 19.5. The van der Waals surface area contributed by atoms with Gasteiger partial charge in [-0.1, -0.05) is 26.0 Å². The molecule has 2 aromatic rings. The zero-order valence-corrected chi connectivity index (χ0v) is 22.4. The lowest BCUT2D eigenvalue weighted by molar-refractivity contribution is 0.0473. The Bertz CT molecular complexity index is 1100. The number of amides is 1. The fourth-order valence-corrected chi connectivity index (χ4v) is 5.38. The smallest absolute Gasteiger partial charge is 0.254 e. The van der Waals surface area contributed by atoms with Crippen LogP contribution in [0, 0.1) is 17.6 Å². The number of rotatable bonds is 9. The maximum atomic E-state index is 14.9. The van der Waals surface area contributed by atoms with Gasteiger partial charge in [0.2, 0.25) is 0 Å². The average Bonchev–Trinajstić information content (AvgIpc) is 2.92. The Labute approximate surface area is 223 Å². The van der Waals surface area contributed by atoms with Gasteiger partial charge in [0.1, 0.15) is 11.5 Å². The van der Waals surface area contributed by atoms with Gasteiger partial charge in [0.15, 0.2) is 11.6 Å². The van der Waals surface area contributed by atoms with Gasteiger partial charge in [0, 0.05) is 30.8 Å². The Morgan fingerprint density at radius 2 is 1.76 bits per heavy atom. The predicted molar refractivity (Wildman–Crippen MR) is 142 cm³/mol. The Morgan fingerprint density at radius 3 is 2.39 bits per heavy atom. The van der Waals surface area contributed by atoms with Crippen molar-refractivity contribution in [3.8, 4) is 16.9 Å². The second-order valence-electron chi connectivity index (χ2n) is 10.8. The van der Waals surface area contributed by atoms with E-state index in [9.17, 15) is 23.1 Å². The minimum absolute atomic E-state index is 0.117. The molecule has 1 N–H and O–H groups in total. The molecule has 2 saturated heterocycles. The third kappa shape index (κ3) is 6.89. The largest absolute Gasteiger partial charge is 0.490 e. The van der Waals surface area contributed by atoms with Gasteiger partial charge in [0.05, 0.1) is 12.7 Å². The van der Waals surface area contributed by atoms with E-state index in [2.05, 4.69) is 4.90 Å². The molecule has 4 rings (SSSR count). The van der Waals surface area contributed by atoms with Gasteiger partial charge in [-0.25, -0.2) is 13.2 Å². The highest BCUT2D eigenvalue weighted by molar-refractivity contribution is 5.95. The summed E-state index contributed by atoms with van der Waals surface area (Å²) in [5.74, 6) is -1.13.